The topological polar surface area (TPSA) is 182 Å². The number of nitrogens with one attached hydrogen (secondary N) is 2. The van der Waals surface area contributed by atoms with Crippen LogP contribution in [0.4, 0.5) is 0 Å². The molecule has 13 nitrogen and oxygen atoms in total. The molecule has 1 aromatic heterocycles. The van der Waals surface area contributed by atoms with Crippen molar-refractivity contribution in [1.29, 1.82) is 5.26 Å². The number of aryl methyl sites for hydroxylation is 1. The molecular formula is C23H29N4O9P. The Morgan fingerprint density at radius 3 is 2.59 bits per heavy atom. The number of ether oxygens (including phenoxy) is 2. The van der Waals surface area contributed by atoms with Crippen LogP contribution in [0.1, 0.15) is 32.6 Å². The maximum absolute atomic E-state index is 13.6. The second-order valence-electron chi connectivity index (χ2n) is 8.72. The van der Waals surface area contributed by atoms with Crippen LogP contribution in [0.15, 0.2) is 46.1 Å². The van der Waals surface area contributed by atoms with Crippen molar-refractivity contribution in [1.82, 2.24) is 14.6 Å². The highest BCUT2D eigenvalue weighted by Gasteiger charge is 2.47. The summed E-state index contributed by atoms with van der Waals surface area (Å²) < 4.78 is 36.6. The van der Waals surface area contributed by atoms with Crippen LogP contribution in [0.2, 0.25) is 0 Å². The molecule has 0 saturated carbocycles. The number of aromatic amines is 1. The van der Waals surface area contributed by atoms with Crippen molar-refractivity contribution in [3.63, 3.8) is 0 Å². The number of hydrogen-bond donors (Lipinski definition) is 3. The van der Waals surface area contributed by atoms with Crippen molar-refractivity contribution < 1.29 is 33.0 Å². The first-order valence-corrected chi connectivity index (χ1v) is 13.0. The van der Waals surface area contributed by atoms with Crippen molar-refractivity contribution in [2.75, 3.05) is 6.61 Å². The number of carbonyl (C=O) groups is 1. The van der Waals surface area contributed by atoms with Gasteiger partial charge in [0.2, 0.25) is 0 Å². The van der Waals surface area contributed by atoms with Crippen molar-refractivity contribution in [2.45, 2.75) is 58.3 Å². The molecule has 0 bridgehead atoms. The van der Waals surface area contributed by atoms with Gasteiger partial charge in [0.25, 0.3) is 5.56 Å². The molecule has 37 heavy (non-hydrogen) atoms. The van der Waals surface area contributed by atoms with Crippen LogP contribution in [0.3, 0.4) is 0 Å². The fourth-order valence-corrected chi connectivity index (χ4v) is 5.04. The van der Waals surface area contributed by atoms with E-state index in [-0.39, 0.29) is 11.3 Å². The number of benzene rings is 1. The lowest BCUT2D eigenvalue weighted by molar-refractivity contribution is -0.149. The fourth-order valence-electron chi connectivity index (χ4n) is 3.54. The van der Waals surface area contributed by atoms with Gasteiger partial charge in [0.15, 0.2) is 6.23 Å². The predicted molar refractivity (Wildman–Crippen MR) is 130 cm³/mol. The summed E-state index contributed by atoms with van der Waals surface area (Å²) in [7, 11) is -4.26. The lowest BCUT2D eigenvalue weighted by Crippen LogP contribution is -2.37. The Balaban J connectivity index is 1.81. The van der Waals surface area contributed by atoms with Crippen molar-refractivity contribution in [2.24, 2.45) is 5.92 Å². The third kappa shape index (κ3) is 6.94. The number of para-hydroxylation sites is 1. The van der Waals surface area contributed by atoms with Gasteiger partial charge in [-0.15, -0.1) is 0 Å². The second kappa shape index (κ2) is 11.9. The molecule has 1 saturated heterocycles. The number of H-pyrrole nitrogens is 1. The maximum atomic E-state index is 13.6. The largest absolute Gasteiger partial charge is 0.462 e. The first-order chi connectivity index (χ1) is 17.4. The van der Waals surface area contributed by atoms with Gasteiger partial charge in [-0.1, -0.05) is 18.2 Å². The number of esters is 1. The number of nitrogens with zero attached hydrogens (tertiary/aromatic N) is 2. The second-order valence-corrected chi connectivity index (χ2v) is 10.4. The van der Waals surface area contributed by atoms with Crippen molar-refractivity contribution >= 4 is 13.7 Å². The molecule has 2 aromatic rings. The molecule has 0 aliphatic carbocycles. The van der Waals surface area contributed by atoms with E-state index >= 15 is 0 Å². The Kier molecular flexibility index (Phi) is 9.07. The van der Waals surface area contributed by atoms with Gasteiger partial charge in [-0.25, -0.2) is 9.36 Å². The SMILES string of the molecule is Cc1cn([C@@H]2OC(COP(=O)(N[C@@H](C)C(=O)OC(C)C)Oc3ccccc3)[C@H](O)C2C#N)c(=O)[nH]c1=O. The van der Waals surface area contributed by atoms with Gasteiger partial charge < -0.3 is 19.1 Å². The van der Waals surface area contributed by atoms with Crippen molar-refractivity contribution in [3.8, 4) is 11.8 Å². The van der Waals surface area contributed by atoms with E-state index in [4.69, 9.17) is 18.5 Å². The summed E-state index contributed by atoms with van der Waals surface area (Å²) in [4.78, 5) is 38.4. The number of nitriles is 1. The molecule has 1 aromatic carbocycles. The van der Waals surface area contributed by atoms with Crippen molar-refractivity contribution in [3.05, 3.63) is 62.9 Å². The standard InChI is InChI=1S/C23H29N4O9P/c1-13(2)34-22(30)15(4)26-37(32,36-16-8-6-5-7-9-16)33-12-18-19(28)17(10-24)21(35-18)27-11-14(3)20(29)25-23(27)31/h5-9,11,13,15,17-19,21,28H,12H2,1-4H3,(H,26,32)(H,25,29,31)/t15-,17?,18?,19+,21+,37?/m0/s1. The first kappa shape index (κ1) is 28.3. The summed E-state index contributed by atoms with van der Waals surface area (Å²) in [6, 6.07) is 8.88. The van der Waals surface area contributed by atoms with Crippen LogP contribution in [-0.2, 0) is 23.4 Å². The number of carbonyl (C=O) groups excluding carboxylic acids is 1. The average molecular weight is 536 g/mol. The number of aliphatic hydroxyl groups excluding tert-OH is 1. The van der Waals surface area contributed by atoms with Gasteiger partial charge in [-0.05, 0) is 39.8 Å². The summed E-state index contributed by atoms with van der Waals surface area (Å²) in [5, 5.41) is 22.8. The summed E-state index contributed by atoms with van der Waals surface area (Å²) in [6.07, 6.45) is -3.09. The number of aliphatic hydroxyl groups is 1. The van der Waals surface area contributed by atoms with Gasteiger partial charge in [-0.2, -0.15) is 10.3 Å². The highest BCUT2D eigenvalue weighted by atomic mass is 31.2. The minimum atomic E-state index is -4.26. The van der Waals surface area contributed by atoms with E-state index in [0.717, 1.165) is 4.57 Å². The molecule has 0 spiro atoms. The van der Waals surface area contributed by atoms with Gasteiger partial charge >= 0.3 is 19.4 Å². The fraction of sp³-hybridized carbons (Fsp3) is 0.478. The van der Waals surface area contributed by atoms with E-state index < -0.39 is 68.1 Å². The Morgan fingerprint density at radius 2 is 1.97 bits per heavy atom. The number of aromatic nitrogens is 2. The normalized spacial score (nSPS) is 23.7. The van der Waals surface area contributed by atoms with E-state index in [1.807, 2.05) is 6.07 Å². The zero-order valence-electron chi connectivity index (χ0n) is 20.7. The Bertz CT molecular complexity index is 1300. The molecule has 200 valence electrons. The predicted octanol–water partition coefficient (Wildman–Crippen LogP) is 1.38. The lowest BCUT2D eigenvalue weighted by Gasteiger charge is -2.25. The minimum Gasteiger partial charge on any atom is -0.462 e. The molecule has 3 unspecified atom stereocenters. The minimum absolute atomic E-state index is 0.179. The number of hydrogen-bond acceptors (Lipinski definition) is 10. The quantitative estimate of drug-likeness (QED) is 0.295. The van der Waals surface area contributed by atoms with Crippen LogP contribution in [-0.4, -0.2) is 51.6 Å². The molecule has 3 N–H and O–H groups in total. The molecule has 2 heterocycles. The maximum Gasteiger partial charge on any atom is 0.459 e. The van der Waals surface area contributed by atoms with Gasteiger partial charge in [0, 0.05) is 11.8 Å². The molecule has 14 heteroatoms. The molecule has 0 amide bonds. The van der Waals surface area contributed by atoms with Crippen LogP contribution in [0, 0.1) is 24.2 Å². The molecule has 1 fully saturated rings. The van der Waals surface area contributed by atoms with E-state index in [9.17, 15) is 29.3 Å². The highest BCUT2D eigenvalue weighted by molar-refractivity contribution is 7.52. The summed E-state index contributed by atoms with van der Waals surface area (Å²) in [5.74, 6) is -1.72. The third-order valence-corrected chi connectivity index (χ3v) is 7.02. The molecule has 1 aliphatic heterocycles. The molecule has 0 radical (unpaired) electrons. The molecule has 6 atom stereocenters. The smallest absolute Gasteiger partial charge is 0.459 e. The summed E-state index contributed by atoms with van der Waals surface area (Å²) in [5.41, 5.74) is -1.23. The van der Waals surface area contributed by atoms with Crippen LogP contribution >= 0.6 is 7.75 Å². The first-order valence-electron chi connectivity index (χ1n) is 11.5. The average Bonchev–Trinajstić information content (AvgIpc) is 3.15. The summed E-state index contributed by atoms with van der Waals surface area (Å²) >= 11 is 0. The van der Waals surface area contributed by atoms with E-state index in [2.05, 4.69) is 10.1 Å². The lowest BCUT2D eigenvalue weighted by atomic mass is 10.0. The van der Waals surface area contributed by atoms with Crippen LogP contribution in [0.5, 0.6) is 5.75 Å². The monoisotopic (exact) mass is 536 g/mol. The summed E-state index contributed by atoms with van der Waals surface area (Å²) in [6.45, 7) is 5.68. The number of rotatable bonds is 10. The Morgan fingerprint density at radius 1 is 1.30 bits per heavy atom. The Hall–Kier alpha value is -3.27. The highest BCUT2D eigenvalue weighted by Crippen LogP contribution is 2.46. The van der Waals surface area contributed by atoms with Gasteiger partial charge in [0.1, 0.15) is 29.9 Å². The zero-order valence-corrected chi connectivity index (χ0v) is 21.6. The van der Waals surface area contributed by atoms with Crippen LogP contribution in [0.25, 0.3) is 0 Å². The van der Waals surface area contributed by atoms with Crippen LogP contribution < -0.4 is 20.9 Å². The van der Waals surface area contributed by atoms with E-state index in [0.29, 0.717) is 0 Å². The third-order valence-electron chi connectivity index (χ3n) is 5.37. The Labute approximate surface area is 212 Å². The zero-order chi connectivity index (χ0) is 27.3. The molecular weight excluding hydrogens is 507 g/mol. The van der Waals surface area contributed by atoms with Gasteiger partial charge in [-0.3, -0.25) is 23.7 Å². The van der Waals surface area contributed by atoms with E-state index in [1.165, 1.54) is 32.2 Å². The molecule has 3 rings (SSSR count). The van der Waals surface area contributed by atoms with E-state index in [1.54, 1.807) is 32.0 Å². The van der Waals surface area contributed by atoms with Gasteiger partial charge in [0.05, 0.1) is 18.8 Å². The molecule has 1 aliphatic rings.